The largest absolute Gasteiger partial charge is 0.381 e. The minimum atomic E-state index is -0.192. The van der Waals surface area contributed by atoms with Crippen LogP contribution >= 0.6 is 0 Å². The average molecular weight is 246 g/mol. The van der Waals surface area contributed by atoms with Gasteiger partial charge in [0, 0.05) is 11.7 Å². The highest BCUT2D eigenvalue weighted by atomic mass is 19.1. The zero-order chi connectivity index (χ0) is 13.0. The Morgan fingerprint density at radius 1 is 1.28 bits per heavy atom. The second-order valence-electron chi connectivity index (χ2n) is 5.09. The first-order valence-electron chi connectivity index (χ1n) is 6.63. The third-order valence-electron chi connectivity index (χ3n) is 3.71. The Morgan fingerprint density at radius 3 is 2.78 bits per heavy atom. The number of halogens is 1. The Kier molecular flexibility index (Phi) is 4.19. The van der Waals surface area contributed by atoms with Crippen molar-refractivity contribution < 1.29 is 4.39 Å². The number of hydrogen-bond donors (Lipinski definition) is 1. The number of anilines is 1. The average Bonchev–Trinajstić information content (AvgIpc) is 2.59. The number of hydrogen-bond acceptors (Lipinski definition) is 2. The molecule has 0 saturated heterocycles. The van der Waals surface area contributed by atoms with Gasteiger partial charge >= 0.3 is 0 Å². The van der Waals surface area contributed by atoms with Gasteiger partial charge in [0.15, 0.2) is 0 Å². The van der Waals surface area contributed by atoms with E-state index >= 15 is 0 Å². The van der Waals surface area contributed by atoms with Crippen molar-refractivity contribution in [2.24, 2.45) is 5.92 Å². The summed E-state index contributed by atoms with van der Waals surface area (Å²) in [5.41, 5.74) is 1.43. The van der Waals surface area contributed by atoms with E-state index in [1.165, 1.54) is 12.5 Å². The third-order valence-corrected chi connectivity index (χ3v) is 3.71. The van der Waals surface area contributed by atoms with Gasteiger partial charge in [-0.15, -0.1) is 0 Å². The summed E-state index contributed by atoms with van der Waals surface area (Å²) in [7, 11) is 0. The maximum absolute atomic E-state index is 13.5. The van der Waals surface area contributed by atoms with Crippen LogP contribution in [0.15, 0.2) is 18.2 Å². The van der Waals surface area contributed by atoms with Gasteiger partial charge in [0.05, 0.1) is 12.0 Å². The van der Waals surface area contributed by atoms with Gasteiger partial charge in [0.2, 0.25) is 0 Å². The first-order valence-corrected chi connectivity index (χ1v) is 6.63. The summed E-state index contributed by atoms with van der Waals surface area (Å²) in [5.74, 6) is -0.154. The topological polar surface area (TPSA) is 35.8 Å². The van der Waals surface area contributed by atoms with Gasteiger partial charge in [-0.3, -0.25) is 0 Å². The number of rotatable bonds is 2. The number of aryl methyl sites for hydroxylation is 1. The Bertz CT molecular complexity index is 450. The number of nitrogens with one attached hydrogen (secondary N) is 1. The van der Waals surface area contributed by atoms with E-state index in [9.17, 15) is 9.65 Å². The van der Waals surface area contributed by atoms with Crippen LogP contribution in [0.4, 0.5) is 10.1 Å². The summed E-state index contributed by atoms with van der Waals surface area (Å²) in [5, 5.41) is 12.5. The minimum absolute atomic E-state index is 0.0388. The van der Waals surface area contributed by atoms with Crippen molar-refractivity contribution in [1.82, 2.24) is 0 Å². The Morgan fingerprint density at radius 2 is 2.06 bits per heavy atom. The zero-order valence-corrected chi connectivity index (χ0v) is 10.7. The normalized spacial score (nSPS) is 24.1. The molecule has 2 atom stereocenters. The molecule has 0 radical (unpaired) electrons. The SMILES string of the molecule is Cc1ccc(NC2CCCCCC2C#N)cc1F. The molecule has 0 spiro atoms. The maximum atomic E-state index is 13.5. The van der Waals surface area contributed by atoms with Crippen LogP contribution < -0.4 is 5.32 Å². The van der Waals surface area contributed by atoms with Gasteiger partial charge in [0.25, 0.3) is 0 Å². The Balaban J connectivity index is 2.10. The van der Waals surface area contributed by atoms with E-state index in [2.05, 4.69) is 11.4 Å². The zero-order valence-electron chi connectivity index (χ0n) is 10.7. The van der Waals surface area contributed by atoms with E-state index < -0.39 is 0 Å². The van der Waals surface area contributed by atoms with Crippen molar-refractivity contribution in [1.29, 1.82) is 5.26 Å². The van der Waals surface area contributed by atoms with Crippen LogP contribution in [0.25, 0.3) is 0 Å². The fourth-order valence-electron chi connectivity index (χ4n) is 2.53. The van der Waals surface area contributed by atoms with Crippen LogP contribution in [0.5, 0.6) is 0 Å². The van der Waals surface area contributed by atoms with Gasteiger partial charge in [0.1, 0.15) is 5.82 Å². The quantitative estimate of drug-likeness (QED) is 0.800. The Hall–Kier alpha value is -1.56. The molecule has 0 aromatic heterocycles. The van der Waals surface area contributed by atoms with E-state index in [4.69, 9.17) is 0 Å². The molecule has 0 heterocycles. The summed E-state index contributed by atoms with van der Waals surface area (Å²) >= 11 is 0. The molecule has 2 nitrogen and oxygen atoms in total. The van der Waals surface area contributed by atoms with Gasteiger partial charge in [-0.2, -0.15) is 5.26 Å². The number of nitriles is 1. The molecule has 3 heteroatoms. The van der Waals surface area contributed by atoms with E-state index in [0.717, 1.165) is 31.4 Å². The van der Waals surface area contributed by atoms with E-state index in [1.807, 2.05) is 6.07 Å². The number of benzene rings is 1. The molecule has 0 aliphatic heterocycles. The van der Waals surface area contributed by atoms with Gasteiger partial charge in [-0.25, -0.2) is 4.39 Å². The van der Waals surface area contributed by atoms with E-state index in [1.54, 1.807) is 13.0 Å². The van der Waals surface area contributed by atoms with Crippen LogP contribution in [0.1, 0.15) is 37.7 Å². The van der Waals surface area contributed by atoms with Crippen molar-refractivity contribution in [2.75, 3.05) is 5.32 Å². The molecule has 2 unspecified atom stereocenters. The smallest absolute Gasteiger partial charge is 0.128 e. The lowest BCUT2D eigenvalue weighted by Gasteiger charge is -2.22. The van der Waals surface area contributed by atoms with Crippen molar-refractivity contribution in [2.45, 2.75) is 45.1 Å². The molecule has 1 aromatic rings. The minimum Gasteiger partial charge on any atom is -0.381 e. The monoisotopic (exact) mass is 246 g/mol. The van der Waals surface area contributed by atoms with Crippen molar-refractivity contribution in [3.8, 4) is 6.07 Å². The van der Waals surface area contributed by atoms with Crippen LogP contribution in [-0.2, 0) is 0 Å². The highest BCUT2D eigenvalue weighted by molar-refractivity contribution is 5.46. The summed E-state index contributed by atoms with van der Waals surface area (Å²) in [6, 6.07) is 7.72. The van der Waals surface area contributed by atoms with Gasteiger partial charge in [-0.05, 0) is 37.5 Å². The molecule has 0 bridgehead atoms. The lowest BCUT2D eigenvalue weighted by atomic mass is 9.96. The summed E-state index contributed by atoms with van der Waals surface area (Å²) in [6.07, 6.45) is 5.40. The molecule has 1 aliphatic carbocycles. The van der Waals surface area contributed by atoms with Gasteiger partial charge in [-0.1, -0.05) is 25.3 Å². The van der Waals surface area contributed by atoms with Crippen LogP contribution in [0.3, 0.4) is 0 Å². The molecule has 0 amide bonds. The van der Waals surface area contributed by atoms with Crippen LogP contribution in [-0.4, -0.2) is 6.04 Å². The van der Waals surface area contributed by atoms with Crippen molar-refractivity contribution >= 4 is 5.69 Å². The van der Waals surface area contributed by atoms with Crippen molar-refractivity contribution in [3.63, 3.8) is 0 Å². The molecule has 96 valence electrons. The molecule has 1 aromatic carbocycles. The summed E-state index contributed by atoms with van der Waals surface area (Å²) in [4.78, 5) is 0. The second-order valence-corrected chi connectivity index (χ2v) is 5.09. The molecule has 1 saturated carbocycles. The van der Waals surface area contributed by atoms with Crippen LogP contribution in [0.2, 0.25) is 0 Å². The lowest BCUT2D eigenvalue weighted by Crippen LogP contribution is -2.27. The number of nitrogens with zero attached hydrogens (tertiary/aromatic N) is 1. The standard InChI is InChI=1S/C15H19FN2/c1-11-7-8-13(9-14(11)16)18-15-6-4-2-3-5-12(15)10-17/h7-9,12,15,18H,2-6H2,1H3. The molecular weight excluding hydrogens is 227 g/mol. The third kappa shape index (κ3) is 3.01. The molecule has 1 fully saturated rings. The maximum Gasteiger partial charge on any atom is 0.128 e. The predicted octanol–water partition coefficient (Wildman–Crippen LogP) is 4.02. The van der Waals surface area contributed by atoms with Crippen LogP contribution in [0, 0.1) is 30.0 Å². The fourth-order valence-corrected chi connectivity index (χ4v) is 2.53. The second kappa shape index (κ2) is 5.86. The molecule has 1 N–H and O–H groups in total. The highest BCUT2D eigenvalue weighted by Gasteiger charge is 2.23. The molecule has 1 aliphatic rings. The summed E-state index contributed by atoms with van der Waals surface area (Å²) in [6.45, 7) is 1.75. The highest BCUT2D eigenvalue weighted by Crippen LogP contribution is 2.26. The van der Waals surface area contributed by atoms with E-state index in [0.29, 0.717) is 5.56 Å². The predicted molar refractivity (Wildman–Crippen MR) is 70.7 cm³/mol. The molecular formula is C15H19FN2. The van der Waals surface area contributed by atoms with Crippen molar-refractivity contribution in [3.05, 3.63) is 29.6 Å². The Labute approximate surface area is 108 Å². The van der Waals surface area contributed by atoms with E-state index in [-0.39, 0.29) is 17.8 Å². The first kappa shape index (κ1) is 12.9. The lowest BCUT2D eigenvalue weighted by molar-refractivity contribution is 0.513. The fraction of sp³-hybridized carbons (Fsp3) is 0.533. The first-order chi connectivity index (χ1) is 8.70. The summed E-state index contributed by atoms with van der Waals surface area (Å²) < 4.78 is 13.5. The molecule has 18 heavy (non-hydrogen) atoms. The van der Waals surface area contributed by atoms with Gasteiger partial charge < -0.3 is 5.32 Å². The molecule has 2 rings (SSSR count).